The van der Waals surface area contributed by atoms with E-state index < -0.39 is 0 Å². The van der Waals surface area contributed by atoms with Gasteiger partial charge in [0.05, 0.1) is 0 Å². The summed E-state index contributed by atoms with van der Waals surface area (Å²) < 4.78 is 0. The summed E-state index contributed by atoms with van der Waals surface area (Å²) in [6.07, 6.45) is 10.0. The van der Waals surface area contributed by atoms with Crippen LogP contribution in [0.3, 0.4) is 0 Å². The van der Waals surface area contributed by atoms with Crippen molar-refractivity contribution in [3.8, 4) is 0 Å². The third-order valence-corrected chi connectivity index (χ3v) is 3.72. The summed E-state index contributed by atoms with van der Waals surface area (Å²) in [4.78, 5) is 11.0. The van der Waals surface area contributed by atoms with Gasteiger partial charge < -0.3 is 10.1 Å². The van der Waals surface area contributed by atoms with Crippen molar-refractivity contribution in [2.24, 2.45) is 11.8 Å². The summed E-state index contributed by atoms with van der Waals surface area (Å²) in [5, 5.41) is 3.45. The van der Waals surface area contributed by atoms with Crippen molar-refractivity contribution in [1.82, 2.24) is 5.32 Å². The predicted octanol–water partition coefficient (Wildman–Crippen LogP) is 2.94. The van der Waals surface area contributed by atoms with Crippen molar-refractivity contribution in [1.29, 1.82) is 0 Å². The van der Waals surface area contributed by atoms with Gasteiger partial charge in [-0.1, -0.05) is 19.1 Å². The van der Waals surface area contributed by atoms with Gasteiger partial charge in [0.1, 0.15) is 5.78 Å². The van der Waals surface area contributed by atoms with Gasteiger partial charge in [0, 0.05) is 12.5 Å². The lowest BCUT2D eigenvalue weighted by atomic mass is 9.80. The van der Waals surface area contributed by atoms with Crippen molar-refractivity contribution < 1.29 is 4.79 Å². The molecule has 0 fully saturated rings. The second-order valence-corrected chi connectivity index (χ2v) is 5.08. The van der Waals surface area contributed by atoms with E-state index in [1.165, 1.54) is 19.3 Å². The fraction of sp³-hybridized carbons (Fsp3) is 0.786. The molecule has 0 saturated heterocycles. The molecular formula is C14H25NO. The van der Waals surface area contributed by atoms with Gasteiger partial charge in [0.15, 0.2) is 0 Å². The van der Waals surface area contributed by atoms with E-state index in [0.29, 0.717) is 17.7 Å². The van der Waals surface area contributed by atoms with Gasteiger partial charge >= 0.3 is 0 Å². The summed E-state index contributed by atoms with van der Waals surface area (Å²) in [5.41, 5.74) is 0. The van der Waals surface area contributed by atoms with E-state index in [-0.39, 0.29) is 0 Å². The maximum absolute atomic E-state index is 11.0. The Hall–Kier alpha value is -0.630. The third kappa shape index (κ3) is 4.09. The normalized spacial score (nSPS) is 24.1. The van der Waals surface area contributed by atoms with Crippen molar-refractivity contribution >= 4 is 5.78 Å². The van der Waals surface area contributed by atoms with E-state index in [2.05, 4.69) is 24.4 Å². The lowest BCUT2D eigenvalue weighted by molar-refractivity contribution is -0.117. The van der Waals surface area contributed by atoms with Gasteiger partial charge in [-0.3, -0.25) is 0 Å². The Bertz CT molecular complexity index is 247. The Kier molecular flexibility index (Phi) is 5.75. The van der Waals surface area contributed by atoms with Crippen LogP contribution in [-0.4, -0.2) is 18.9 Å². The second-order valence-electron chi connectivity index (χ2n) is 5.08. The Labute approximate surface area is 99.5 Å². The third-order valence-electron chi connectivity index (χ3n) is 3.72. The van der Waals surface area contributed by atoms with Gasteiger partial charge in [-0.05, 0) is 51.5 Å². The highest BCUT2D eigenvalue weighted by molar-refractivity contribution is 5.75. The van der Waals surface area contributed by atoms with E-state index in [9.17, 15) is 4.79 Å². The lowest BCUT2D eigenvalue weighted by Crippen LogP contribution is -2.39. The molecule has 2 nitrogen and oxygen atoms in total. The van der Waals surface area contributed by atoms with Gasteiger partial charge in [-0.25, -0.2) is 0 Å². The van der Waals surface area contributed by atoms with E-state index in [0.717, 1.165) is 18.8 Å². The highest BCUT2D eigenvalue weighted by Gasteiger charge is 2.25. The molecule has 0 radical (unpaired) electrons. The van der Waals surface area contributed by atoms with Gasteiger partial charge in [-0.2, -0.15) is 0 Å². The van der Waals surface area contributed by atoms with E-state index >= 15 is 0 Å². The second kappa shape index (κ2) is 6.85. The molecule has 16 heavy (non-hydrogen) atoms. The highest BCUT2D eigenvalue weighted by Crippen LogP contribution is 2.27. The largest absolute Gasteiger partial charge is 0.316 e. The maximum Gasteiger partial charge on any atom is 0.129 e. The minimum Gasteiger partial charge on any atom is -0.316 e. The van der Waals surface area contributed by atoms with Crippen LogP contribution in [-0.2, 0) is 4.79 Å². The molecule has 2 unspecified atom stereocenters. The summed E-state index contributed by atoms with van der Waals surface area (Å²) in [5.74, 6) is 1.65. The predicted molar refractivity (Wildman–Crippen MR) is 68.4 cm³/mol. The first-order valence-corrected chi connectivity index (χ1v) is 6.46. The molecule has 0 amide bonds. The zero-order chi connectivity index (χ0) is 12.0. The zero-order valence-electron chi connectivity index (χ0n) is 10.8. The SMILES string of the molecule is CN[C@H](C(C)CCC(C)=O)C1CC=CCC1. The van der Waals surface area contributed by atoms with Crippen LogP contribution in [0.15, 0.2) is 12.2 Å². The maximum atomic E-state index is 11.0. The molecule has 0 spiro atoms. The average Bonchev–Trinajstić information content (AvgIpc) is 2.29. The number of allylic oxidation sites excluding steroid dienone is 2. The first-order valence-electron chi connectivity index (χ1n) is 6.46. The minimum absolute atomic E-state index is 0.310. The number of ketones is 1. The van der Waals surface area contributed by atoms with Crippen LogP contribution < -0.4 is 5.32 Å². The molecule has 1 N–H and O–H groups in total. The summed E-state index contributed by atoms with van der Waals surface area (Å²) in [6, 6.07) is 0.560. The van der Waals surface area contributed by atoms with Crippen molar-refractivity contribution in [3.63, 3.8) is 0 Å². The number of hydrogen-bond donors (Lipinski definition) is 1. The zero-order valence-corrected chi connectivity index (χ0v) is 10.8. The first-order chi connectivity index (χ1) is 7.65. The molecule has 0 heterocycles. The molecule has 3 atom stereocenters. The summed E-state index contributed by atoms with van der Waals surface area (Å²) in [7, 11) is 2.05. The van der Waals surface area contributed by atoms with Crippen LogP contribution >= 0.6 is 0 Å². The Balaban J connectivity index is 2.45. The molecular weight excluding hydrogens is 198 g/mol. The number of nitrogens with one attached hydrogen (secondary N) is 1. The monoisotopic (exact) mass is 223 g/mol. The smallest absolute Gasteiger partial charge is 0.129 e. The molecule has 1 aliphatic rings. The fourth-order valence-corrected chi connectivity index (χ4v) is 2.74. The Morgan fingerprint density at radius 1 is 1.50 bits per heavy atom. The molecule has 92 valence electrons. The van der Waals surface area contributed by atoms with Gasteiger partial charge in [-0.15, -0.1) is 0 Å². The summed E-state index contributed by atoms with van der Waals surface area (Å²) in [6.45, 7) is 3.95. The molecule has 0 bridgehead atoms. The molecule has 1 rings (SSSR count). The van der Waals surface area contributed by atoms with Crippen LogP contribution in [0.25, 0.3) is 0 Å². The van der Waals surface area contributed by atoms with Crippen molar-refractivity contribution in [2.45, 2.75) is 52.0 Å². The molecule has 0 aromatic carbocycles. The quantitative estimate of drug-likeness (QED) is 0.701. The molecule has 1 aliphatic carbocycles. The van der Waals surface area contributed by atoms with Crippen LogP contribution in [0, 0.1) is 11.8 Å². The first kappa shape index (κ1) is 13.4. The Morgan fingerprint density at radius 2 is 2.25 bits per heavy atom. The average molecular weight is 223 g/mol. The van der Waals surface area contributed by atoms with E-state index in [1.807, 2.05) is 7.05 Å². The van der Waals surface area contributed by atoms with Crippen LogP contribution in [0.2, 0.25) is 0 Å². The number of rotatable bonds is 6. The number of carbonyl (C=O) groups is 1. The molecule has 2 heteroatoms. The minimum atomic E-state index is 0.310. The fourth-order valence-electron chi connectivity index (χ4n) is 2.74. The number of Topliss-reactive ketones (excluding diaryl/α,β-unsaturated/α-hetero) is 1. The van der Waals surface area contributed by atoms with Crippen LogP contribution in [0.4, 0.5) is 0 Å². The van der Waals surface area contributed by atoms with E-state index in [4.69, 9.17) is 0 Å². The lowest BCUT2D eigenvalue weighted by Gasteiger charge is -2.32. The highest BCUT2D eigenvalue weighted by atomic mass is 16.1. The molecule has 0 aromatic heterocycles. The van der Waals surface area contributed by atoms with E-state index in [1.54, 1.807) is 6.92 Å². The van der Waals surface area contributed by atoms with Gasteiger partial charge in [0.25, 0.3) is 0 Å². The molecule has 0 saturated carbocycles. The van der Waals surface area contributed by atoms with Crippen LogP contribution in [0.5, 0.6) is 0 Å². The number of hydrogen-bond acceptors (Lipinski definition) is 2. The Morgan fingerprint density at radius 3 is 2.75 bits per heavy atom. The van der Waals surface area contributed by atoms with Gasteiger partial charge in [0.2, 0.25) is 0 Å². The van der Waals surface area contributed by atoms with Crippen molar-refractivity contribution in [2.75, 3.05) is 7.05 Å². The summed E-state index contributed by atoms with van der Waals surface area (Å²) >= 11 is 0. The van der Waals surface area contributed by atoms with Crippen LogP contribution in [0.1, 0.15) is 46.0 Å². The molecule has 0 aromatic rings. The standard InChI is InChI=1S/C14H25NO/c1-11(9-10-12(2)16)14(15-3)13-7-5-4-6-8-13/h4-5,11,13-15H,6-10H2,1-3H3/t11?,13?,14-/m1/s1. The topological polar surface area (TPSA) is 29.1 Å². The molecule has 0 aliphatic heterocycles. The number of carbonyl (C=O) groups excluding carboxylic acids is 1. The van der Waals surface area contributed by atoms with Crippen molar-refractivity contribution in [3.05, 3.63) is 12.2 Å².